The first-order valence-corrected chi connectivity index (χ1v) is 9.56. The molecule has 28 heavy (non-hydrogen) atoms. The number of alkyl halides is 3. The topological polar surface area (TPSA) is 62.1 Å². The molecule has 0 aliphatic carbocycles. The standard InChI is InChI=1S/C18H21Cl2F3N2O3/c1-3-4-5-6-13-10-17(27,18(21,22)23)25(24-13)16(26)11(2)28-15-8-7-12(19)9-14(15)20/h7-9,11,27H,3-6,10H2,1-2H3/t11-,17+/m0/s1. The van der Waals surface area contributed by atoms with Crippen LogP contribution in [-0.2, 0) is 4.79 Å². The average Bonchev–Trinajstić information content (AvgIpc) is 2.94. The van der Waals surface area contributed by atoms with Gasteiger partial charge in [0.1, 0.15) is 5.75 Å². The van der Waals surface area contributed by atoms with Crippen LogP contribution in [0.4, 0.5) is 13.2 Å². The largest absolute Gasteiger partial charge is 0.479 e. The maximum Gasteiger partial charge on any atom is 0.438 e. The molecule has 156 valence electrons. The molecule has 1 amide bonds. The first-order valence-electron chi connectivity index (χ1n) is 8.81. The van der Waals surface area contributed by atoms with E-state index in [2.05, 4.69) is 5.10 Å². The number of nitrogens with zero attached hydrogens (tertiary/aromatic N) is 2. The fraction of sp³-hybridized carbons (Fsp3) is 0.556. The number of carbonyl (C=O) groups excluding carboxylic acids is 1. The van der Waals surface area contributed by atoms with Crippen molar-refractivity contribution in [3.63, 3.8) is 0 Å². The van der Waals surface area contributed by atoms with Gasteiger partial charge in [0.15, 0.2) is 6.10 Å². The molecule has 0 bridgehead atoms. The second-order valence-corrected chi connectivity index (χ2v) is 7.44. The van der Waals surface area contributed by atoms with Gasteiger partial charge in [0.05, 0.1) is 5.02 Å². The third-order valence-corrected chi connectivity index (χ3v) is 4.85. The molecule has 2 rings (SSSR count). The van der Waals surface area contributed by atoms with Crippen molar-refractivity contribution in [3.05, 3.63) is 28.2 Å². The highest BCUT2D eigenvalue weighted by molar-refractivity contribution is 6.35. The van der Waals surface area contributed by atoms with Crippen molar-refractivity contribution in [1.29, 1.82) is 0 Å². The summed E-state index contributed by atoms with van der Waals surface area (Å²) in [6.07, 6.45) is -4.63. The zero-order valence-electron chi connectivity index (χ0n) is 15.4. The fourth-order valence-electron chi connectivity index (χ4n) is 2.77. The van der Waals surface area contributed by atoms with Gasteiger partial charge in [-0.2, -0.15) is 23.3 Å². The Bertz CT molecular complexity index is 758. The lowest BCUT2D eigenvalue weighted by Crippen LogP contribution is -2.58. The van der Waals surface area contributed by atoms with Gasteiger partial charge in [0, 0.05) is 17.2 Å². The molecule has 1 N–H and O–H groups in total. The molecule has 0 radical (unpaired) electrons. The normalized spacial score (nSPS) is 20.9. The number of hydrazone groups is 1. The van der Waals surface area contributed by atoms with Crippen molar-refractivity contribution < 1.29 is 27.8 Å². The van der Waals surface area contributed by atoms with E-state index in [1.54, 1.807) is 0 Å². The highest BCUT2D eigenvalue weighted by Crippen LogP contribution is 2.41. The number of amides is 1. The second kappa shape index (κ2) is 8.88. The molecule has 2 atom stereocenters. The first kappa shape index (κ1) is 22.8. The zero-order valence-corrected chi connectivity index (χ0v) is 16.9. The van der Waals surface area contributed by atoms with Crippen molar-refractivity contribution in [2.45, 2.75) is 64.0 Å². The number of aliphatic hydroxyl groups is 1. The van der Waals surface area contributed by atoms with Crippen molar-refractivity contribution in [1.82, 2.24) is 5.01 Å². The summed E-state index contributed by atoms with van der Waals surface area (Å²) in [6.45, 7) is 3.22. The van der Waals surface area contributed by atoms with E-state index >= 15 is 0 Å². The number of hydrogen-bond acceptors (Lipinski definition) is 4. The summed E-state index contributed by atoms with van der Waals surface area (Å²) in [5.41, 5.74) is -3.27. The van der Waals surface area contributed by atoms with Crippen LogP contribution in [0.2, 0.25) is 10.0 Å². The van der Waals surface area contributed by atoms with Crippen LogP contribution in [0.15, 0.2) is 23.3 Å². The van der Waals surface area contributed by atoms with E-state index in [0.29, 0.717) is 11.4 Å². The van der Waals surface area contributed by atoms with Gasteiger partial charge in [-0.15, -0.1) is 0 Å². The fourth-order valence-corrected chi connectivity index (χ4v) is 3.23. The van der Waals surface area contributed by atoms with Gasteiger partial charge < -0.3 is 9.84 Å². The summed E-state index contributed by atoms with van der Waals surface area (Å²) in [5, 5.41) is 14.6. The quantitative estimate of drug-likeness (QED) is 0.594. The summed E-state index contributed by atoms with van der Waals surface area (Å²) in [5.74, 6) is -1.05. The summed E-state index contributed by atoms with van der Waals surface area (Å²) in [6, 6.07) is 4.24. The highest BCUT2D eigenvalue weighted by atomic mass is 35.5. The van der Waals surface area contributed by atoms with Crippen LogP contribution < -0.4 is 4.74 Å². The maximum absolute atomic E-state index is 13.5. The molecule has 0 aromatic heterocycles. The number of rotatable bonds is 7. The van der Waals surface area contributed by atoms with Crippen LogP contribution in [-0.4, -0.2) is 39.7 Å². The predicted octanol–water partition coefficient (Wildman–Crippen LogP) is 5.18. The van der Waals surface area contributed by atoms with E-state index in [1.807, 2.05) is 6.92 Å². The molecule has 1 aliphatic rings. The Balaban J connectivity index is 2.22. The molecule has 10 heteroatoms. The Morgan fingerprint density at radius 2 is 2.07 bits per heavy atom. The first-order chi connectivity index (χ1) is 13.0. The van der Waals surface area contributed by atoms with Crippen LogP contribution in [0.3, 0.4) is 0 Å². The van der Waals surface area contributed by atoms with Gasteiger partial charge in [-0.05, 0) is 38.0 Å². The van der Waals surface area contributed by atoms with Crippen LogP contribution in [0, 0.1) is 0 Å². The van der Waals surface area contributed by atoms with Crippen molar-refractivity contribution in [2.75, 3.05) is 0 Å². The lowest BCUT2D eigenvalue weighted by Gasteiger charge is -2.33. The number of benzene rings is 1. The number of halogens is 5. The van der Waals surface area contributed by atoms with Crippen LogP contribution in [0.1, 0.15) is 46.0 Å². The average molecular weight is 441 g/mol. The molecular formula is C18H21Cl2F3N2O3. The van der Waals surface area contributed by atoms with Crippen molar-refractivity contribution in [2.24, 2.45) is 5.10 Å². The van der Waals surface area contributed by atoms with Gasteiger partial charge in [0.2, 0.25) is 0 Å². The van der Waals surface area contributed by atoms with E-state index in [0.717, 1.165) is 12.8 Å². The van der Waals surface area contributed by atoms with Gasteiger partial charge in [-0.3, -0.25) is 4.79 Å². The van der Waals surface area contributed by atoms with Gasteiger partial charge in [0.25, 0.3) is 11.6 Å². The third-order valence-electron chi connectivity index (χ3n) is 4.32. The summed E-state index contributed by atoms with van der Waals surface area (Å²) < 4.78 is 46.0. The minimum atomic E-state index is -5.07. The lowest BCUT2D eigenvalue weighted by atomic mass is 10.0. The van der Waals surface area contributed by atoms with E-state index in [-0.39, 0.29) is 27.9 Å². The SMILES string of the molecule is CCCCCC1=NN(C(=O)[C@H](C)Oc2ccc(Cl)cc2Cl)[C@](O)(C(F)(F)F)C1. The summed E-state index contributed by atoms with van der Waals surface area (Å²) in [4.78, 5) is 12.6. The Hall–Kier alpha value is -1.51. The minimum Gasteiger partial charge on any atom is -0.479 e. The van der Waals surface area contributed by atoms with Gasteiger partial charge >= 0.3 is 6.18 Å². The predicted molar refractivity (Wildman–Crippen MR) is 101 cm³/mol. The molecule has 0 spiro atoms. The molecule has 5 nitrogen and oxygen atoms in total. The molecule has 1 aromatic carbocycles. The number of hydrogen-bond donors (Lipinski definition) is 1. The van der Waals surface area contributed by atoms with E-state index < -0.39 is 30.3 Å². The van der Waals surface area contributed by atoms with Crippen LogP contribution in [0.5, 0.6) is 5.75 Å². The highest BCUT2D eigenvalue weighted by Gasteiger charge is 2.63. The molecule has 0 fully saturated rings. The molecular weight excluding hydrogens is 420 g/mol. The van der Waals surface area contributed by atoms with E-state index in [1.165, 1.54) is 25.1 Å². The Morgan fingerprint density at radius 3 is 2.64 bits per heavy atom. The molecule has 0 unspecified atom stereocenters. The van der Waals surface area contributed by atoms with E-state index in [4.69, 9.17) is 27.9 Å². The van der Waals surface area contributed by atoms with Crippen LogP contribution >= 0.6 is 23.2 Å². The second-order valence-electron chi connectivity index (χ2n) is 6.60. The summed E-state index contributed by atoms with van der Waals surface area (Å²) in [7, 11) is 0. The van der Waals surface area contributed by atoms with Crippen molar-refractivity contribution in [3.8, 4) is 5.75 Å². The summed E-state index contributed by atoms with van der Waals surface area (Å²) >= 11 is 11.8. The smallest absolute Gasteiger partial charge is 0.438 e. The molecule has 1 aliphatic heterocycles. The number of unbranched alkanes of at least 4 members (excludes halogenated alkanes) is 2. The van der Waals surface area contributed by atoms with Gasteiger partial charge in [-0.1, -0.05) is 43.0 Å². The maximum atomic E-state index is 13.5. The molecule has 1 heterocycles. The molecule has 1 aromatic rings. The van der Waals surface area contributed by atoms with Crippen LogP contribution in [0.25, 0.3) is 0 Å². The van der Waals surface area contributed by atoms with E-state index in [9.17, 15) is 23.1 Å². The zero-order chi connectivity index (χ0) is 21.1. The minimum absolute atomic E-state index is 0.0776. The number of ether oxygens (including phenoxy) is 1. The lowest BCUT2D eigenvalue weighted by molar-refractivity contribution is -0.303. The van der Waals surface area contributed by atoms with Crippen molar-refractivity contribution >= 4 is 34.8 Å². The Morgan fingerprint density at radius 1 is 1.39 bits per heavy atom. The monoisotopic (exact) mass is 440 g/mol. The number of carbonyl (C=O) groups is 1. The Kier molecular flexibility index (Phi) is 7.22. The molecule has 0 saturated heterocycles. The third kappa shape index (κ3) is 4.90. The Labute approximate surface area is 171 Å². The van der Waals surface area contributed by atoms with Gasteiger partial charge in [-0.25, -0.2) is 0 Å². The molecule has 0 saturated carbocycles.